The maximum atomic E-state index is 14.5. The molecule has 0 bridgehead atoms. The second-order valence-electron chi connectivity index (χ2n) is 17.6. The fourth-order valence-corrected chi connectivity index (χ4v) is 9.75. The van der Waals surface area contributed by atoms with Crippen LogP contribution in [0.3, 0.4) is 0 Å². The third kappa shape index (κ3) is 7.99. The molecule has 20 heteroatoms. The van der Waals surface area contributed by atoms with E-state index in [1.807, 2.05) is 90.1 Å². The summed E-state index contributed by atoms with van der Waals surface area (Å²) < 4.78 is 28.7. The van der Waals surface area contributed by atoms with Crippen LogP contribution in [-0.2, 0) is 22.7 Å². The summed E-state index contributed by atoms with van der Waals surface area (Å²) in [6.07, 6.45) is 6.49. The number of nitrogens with zero attached hydrogens (tertiary/aromatic N) is 10. The molecule has 0 aliphatic carbocycles. The van der Waals surface area contributed by atoms with Crippen molar-refractivity contribution in [3.8, 4) is 33.8 Å². The minimum absolute atomic E-state index is 0.0258. The molecule has 0 aliphatic heterocycles. The van der Waals surface area contributed by atoms with Crippen molar-refractivity contribution >= 4 is 55.7 Å². The molecule has 2 aromatic carbocycles. The minimum Gasteiger partial charge on any atom is -0.496 e. The highest BCUT2D eigenvalue weighted by Gasteiger charge is 2.28. The largest absolute Gasteiger partial charge is 0.496 e. The van der Waals surface area contributed by atoms with Gasteiger partial charge in [0.25, 0.3) is 0 Å². The number of aryl methyl sites for hydroxylation is 4. The number of carbonyl (C=O) groups is 2. The Bertz CT molecular complexity index is 3580. The number of fused-ring (bicyclic) bond motifs is 6. The molecule has 0 saturated carbocycles. The van der Waals surface area contributed by atoms with E-state index in [0.717, 1.165) is 22.3 Å². The first-order valence-electron chi connectivity index (χ1n) is 23.2. The third-order valence-electron chi connectivity index (χ3n) is 13.2. The number of ether oxygens (including phenoxy) is 2. The Balaban J connectivity index is 0.914. The Morgan fingerprint density at radius 2 is 1.03 bits per heavy atom. The number of benzene rings is 2. The minimum atomic E-state index is -0.538. The van der Waals surface area contributed by atoms with E-state index >= 15 is 0 Å². The zero-order chi connectivity index (χ0) is 50.5. The summed E-state index contributed by atoms with van der Waals surface area (Å²) in [5.74, 6) is 1.33. The summed E-state index contributed by atoms with van der Waals surface area (Å²) in [6.45, 7) is 10.5. The molecule has 0 saturated heterocycles. The number of rotatable bonds is 15. The van der Waals surface area contributed by atoms with Crippen LogP contribution in [-0.4, -0.2) is 87.6 Å². The van der Waals surface area contributed by atoms with E-state index in [0.29, 0.717) is 89.7 Å². The molecule has 2 N–H and O–H groups in total. The fraction of sp³-hybridized carbons (Fsp3) is 0.269. The number of hydrogen-bond donors (Lipinski definition) is 2. The first-order valence-corrected chi connectivity index (χ1v) is 23.2. The molecule has 72 heavy (non-hydrogen) atoms. The third-order valence-corrected chi connectivity index (χ3v) is 13.2. The summed E-state index contributed by atoms with van der Waals surface area (Å²) in [7, 11) is 3.13. The molecular weight excluding hydrogens is 921 g/mol. The summed E-state index contributed by atoms with van der Waals surface area (Å²) in [5.41, 5.74) is 7.90. The van der Waals surface area contributed by atoms with Crippen LogP contribution in [0.4, 0.5) is 0 Å². The lowest BCUT2D eigenvalue weighted by atomic mass is 10.00. The van der Waals surface area contributed by atoms with Gasteiger partial charge in [-0.2, -0.15) is 0 Å². The Kier molecular flexibility index (Phi) is 12.2. The van der Waals surface area contributed by atoms with Gasteiger partial charge >= 0.3 is 11.4 Å². The predicted molar refractivity (Wildman–Crippen MR) is 268 cm³/mol. The number of amides is 2. The standard InChI is InChI=1S/C52H50N12O8/c1-27-47(31(5)71-59-27)35-19-39-33(21-43(35)69-7)49-41(23-57-39)61(51(67)63(49)29(3)37-13-9-11-15-53-37)25-45(65)55-17-18-56-46(66)26-62-42-24-58-40-20-36(48-28(2)60-72-32(48)6)44(70-8)22-34(40)50(42)64(52(62)68)30(4)38-14-10-12-16-54-38/h9-16,19-24,29-30H,17-18,25-26H2,1-8H3,(H,55,65)(H,56,66)/t29-,30+. The lowest BCUT2D eigenvalue weighted by Gasteiger charge is -2.15. The molecule has 2 amide bonds. The van der Waals surface area contributed by atoms with Gasteiger partial charge in [0.1, 0.15) is 36.1 Å². The van der Waals surface area contributed by atoms with E-state index in [-0.39, 0.29) is 26.2 Å². The Hall–Kier alpha value is -8.94. The van der Waals surface area contributed by atoms with Crippen molar-refractivity contribution in [2.45, 2.75) is 66.7 Å². The van der Waals surface area contributed by atoms with E-state index in [9.17, 15) is 19.2 Å². The van der Waals surface area contributed by atoms with Gasteiger partial charge in [-0.25, -0.2) is 9.59 Å². The highest BCUT2D eigenvalue weighted by atomic mass is 16.5. The number of hydrogen-bond acceptors (Lipinski definition) is 14. The first-order chi connectivity index (χ1) is 34.8. The van der Waals surface area contributed by atoms with Gasteiger partial charge in [0, 0.05) is 47.4 Å². The highest BCUT2D eigenvalue weighted by molar-refractivity contribution is 6.06. The van der Waals surface area contributed by atoms with Gasteiger partial charge in [0.2, 0.25) is 11.8 Å². The zero-order valence-electron chi connectivity index (χ0n) is 40.8. The molecule has 0 radical (unpaired) electrons. The number of carbonyl (C=O) groups excluding carboxylic acids is 2. The summed E-state index contributed by atoms with van der Waals surface area (Å²) >= 11 is 0. The highest BCUT2D eigenvalue weighted by Crippen LogP contribution is 2.41. The molecule has 10 rings (SSSR count). The Morgan fingerprint density at radius 3 is 1.38 bits per heavy atom. The van der Waals surface area contributed by atoms with Crippen molar-refractivity contribution in [2.75, 3.05) is 27.3 Å². The van der Waals surface area contributed by atoms with E-state index in [2.05, 4.69) is 30.9 Å². The summed E-state index contributed by atoms with van der Waals surface area (Å²) in [6, 6.07) is 17.3. The van der Waals surface area contributed by atoms with Gasteiger partial charge in [0.15, 0.2) is 0 Å². The van der Waals surface area contributed by atoms with E-state index < -0.39 is 35.3 Å². The lowest BCUT2D eigenvalue weighted by Crippen LogP contribution is -2.39. The van der Waals surface area contributed by atoms with Crippen molar-refractivity contribution in [1.29, 1.82) is 0 Å². The zero-order valence-corrected chi connectivity index (χ0v) is 40.8. The second kappa shape index (κ2) is 18.8. The van der Waals surface area contributed by atoms with Crippen molar-refractivity contribution in [3.63, 3.8) is 0 Å². The van der Waals surface area contributed by atoms with Crippen molar-refractivity contribution in [3.05, 3.63) is 141 Å². The molecule has 0 aliphatic rings. The summed E-state index contributed by atoms with van der Waals surface area (Å²) in [4.78, 5) is 75.1. The average molecular weight is 971 g/mol. The maximum absolute atomic E-state index is 14.5. The van der Waals surface area contributed by atoms with Crippen molar-refractivity contribution in [1.82, 2.24) is 59.2 Å². The van der Waals surface area contributed by atoms with Crippen LogP contribution >= 0.6 is 0 Å². The van der Waals surface area contributed by atoms with E-state index in [4.69, 9.17) is 28.5 Å². The molecule has 0 fully saturated rings. The predicted octanol–water partition coefficient (Wildman–Crippen LogP) is 6.52. The van der Waals surface area contributed by atoms with Crippen LogP contribution in [0.5, 0.6) is 11.5 Å². The monoisotopic (exact) mass is 970 g/mol. The molecule has 8 aromatic heterocycles. The van der Waals surface area contributed by atoms with Gasteiger partial charge in [-0.3, -0.25) is 47.8 Å². The number of methoxy groups -OCH3 is 2. The van der Waals surface area contributed by atoms with Gasteiger partial charge in [0.05, 0.1) is 106 Å². The van der Waals surface area contributed by atoms with E-state index in [1.165, 1.54) is 9.13 Å². The fourth-order valence-electron chi connectivity index (χ4n) is 9.75. The molecule has 20 nitrogen and oxygen atoms in total. The van der Waals surface area contributed by atoms with E-state index in [1.54, 1.807) is 60.3 Å². The number of pyridine rings is 4. The second-order valence-corrected chi connectivity index (χ2v) is 17.6. The van der Waals surface area contributed by atoms with Crippen LogP contribution < -0.4 is 31.5 Å². The molecular formula is C52H50N12O8. The average Bonchev–Trinajstić information content (AvgIpc) is 4.09. The number of aromatic nitrogens is 10. The Labute approximate surface area is 410 Å². The van der Waals surface area contributed by atoms with Crippen molar-refractivity contribution < 1.29 is 28.1 Å². The quantitative estimate of drug-likeness (QED) is 0.104. The van der Waals surface area contributed by atoms with Crippen LogP contribution in [0.2, 0.25) is 0 Å². The molecule has 2 atom stereocenters. The first kappa shape index (κ1) is 46.8. The van der Waals surface area contributed by atoms with Crippen molar-refractivity contribution in [2.24, 2.45) is 0 Å². The van der Waals surface area contributed by atoms with Gasteiger partial charge in [-0.1, -0.05) is 22.4 Å². The van der Waals surface area contributed by atoms with Crippen LogP contribution in [0.15, 0.2) is 104 Å². The molecule has 0 spiro atoms. The smallest absolute Gasteiger partial charge is 0.330 e. The maximum Gasteiger partial charge on any atom is 0.330 e. The number of imidazole rings is 2. The summed E-state index contributed by atoms with van der Waals surface area (Å²) in [5, 5.41) is 15.2. The lowest BCUT2D eigenvalue weighted by molar-refractivity contribution is -0.123. The van der Waals surface area contributed by atoms with Crippen LogP contribution in [0.25, 0.3) is 66.1 Å². The molecule has 10 aromatic rings. The normalized spacial score (nSPS) is 12.5. The molecule has 8 heterocycles. The van der Waals surface area contributed by atoms with Crippen LogP contribution in [0.1, 0.15) is 60.2 Å². The Morgan fingerprint density at radius 1 is 0.611 bits per heavy atom. The molecule has 366 valence electrons. The van der Waals surface area contributed by atoms with Gasteiger partial charge < -0.3 is 29.2 Å². The SMILES string of the molecule is COc1cc2c(cc1-c1c(C)noc1C)ncc1c2n([C@H](C)c2ccccn2)c(=O)n1CC(=O)NCCNC(=O)Cn1c(=O)n([C@@H](C)c2ccccn2)c2c3cc(OC)c(-c4c(C)noc4C)cc3ncc21. The molecule has 0 unspecified atom stereocenters. The topological polar surface area (TPSA) is 234 Å². The van der Waals surface area contributed by atoms with Crippen LogP contribution in [0, 0.1) is 27.7 Å². The van der Waals surface area contributed by atoms with Gasteiger partial charge in [-0.05, 0) is 90.1 Å². The number of nitrogens with one attached hydrogen (secondary N) is 2. The van der Waals surface area contributed by atoms with Gasteiger partial charge in [-0.15, -0.1) is 0 Å².